The van der Waals surface area contributed by atoms with Crippen molar-refractivity contribution < 1.29 is 0 Å². The van der Waals surface area contributed by atoms with Crippen LogP contribution < -0.4 is 0 Å². The van der Waals surface area contributed by atoms with Crippen molar-refractivity contribution in [3.8, 4) is 0 Å². The second-order valence-corrected chi connectivity index (χ2v) is 4.81. The maximum Gasteiger partial charge on any atom is 0.0809 e. The highest BCUT2D eigenvalue weighted by Gasteiger charge is 2.18. The monoisotopic (exact) mass is 294 g/mol. The molecular formula is C7H3Cl5S. The van der Waals surface area contributed by atoms with Crippen LogP contribution in [0.15, 0.2) is 4.90 Å². The van der Waals surface area contributed by atoms with Crippen LogP contribution in [0.2, 0.25) is 25.1 Å². The Morgan fingerprint density at radius 3 is 1.31 bits per heavy atom. The van der Waals surface area contributed by atoms with Crippen molar-refractivity contribution in [1.82, 2.24) is 0 Å². The Morgan fingerprint density at radius 1 is 0.692 bits per heavy atom. The zero-order valence-corrected chi connectivity index (χ0v) is 10.9. The molecule has 0 saturated heterocycles. The molecule has 1 aromatic rings. The molecule has 0 nitrogen and oxygen atoms in total. The van der Waals surface area contributed by atoms with Gasteiger partial charge in [-0.1, -0.05) is 58.0 Å². The Bertz CT molecular complexity index is 320. The van der Waals surface area contributed by atoms with E-state index >= 15 is 0 Å². The topological polar surface area (TPSA) is 0 Å². The van der Waals surface area contributed by atoms with E-state index in [2.05, 4.69) is 0 Å². The van der Waals surface area contributed by atoms with E-state index in [-0.39, 0.29) is 15.1 Å². The lowest BCUT2D eigenvalue weighted by Gasteiger charge is -2.09. The third kappa shape index (κ3) is 2.17. The van der Waals surface area contributed by atoms with E-state index in [1.807, 2.05) is 6.26 Å². The second kappa shape index (κ2) is 4.69. The fourth-order valence-electron chi connectivity index (χ4n) is 0.764. The van der Waals surface area contributed by atoms with Crippen molar-refractivity contribution >= 4 is 69.8 Å². The molecule has 0 saturated carbocycles. The molecule has 1 aromatic carbocycles. The van der Waals surface area contributed by atoms with E-state index in [9.17, 15) is 0 Å². The first-order chi connectivity index (χ1) is 6.00. The quantitative estimate of drug-likeness (QED) is 0.365. The van der Waals surface area contributed by atoms with Gasteiger partial charge in [0, 0.05) is 4.90 Å². The largest absolute Gasteiger partial charge is 0.126 e. The van der Waals surface area contributed by atoms with E-state index in [1.165, 1.54) is 11.8 Å². The Morgan fingerprint density at radius 2 is 1.00 bits per heavy atom. The number of rotatable bonds is 1. The van der Waals surface area contributed by atoms with Gasteiger partial charge in [-0.2, -0.15) is 0 Å². The molecule has 0 radical (unpaired) electrons. The summed E-state index contributed by atoms with van der Waals surface area (Å²) in [5.41, 5.74) is 0. The van der Waals surface area contributed by atoms with Gasteiger partial charge in [-0.25, -0.2) is 0 Å². The van der Waals surface area contributed by atoms with Gasteiger partial charge in [-0.3, -0.25) is 0 Å². The van der Waals surface area contributed by atoms with Gasteiger partial charge in [0.2, 0.25) is 0 Å². The van der Waals surface area contributed by atoms with Gasteiger partial charge < -0.3 is 0 Å². The molecule has 0 aliphatic heterocycles. The standard InChI is InChI=1S/C7H3Cl5S/c1-13-7-5(11)3(9)2(8)4(10)6(7)12/h1H3. The predicted molar refractivity (Wildman–Crippen MR) is 63.3 cm³/mol. The molecule has 0 atom stereocenters. The summed E-state index contributed by atoms with van der Waals surface area (Å²) in [7, 11) is 0. The average molecular weight is 296 g/mol. The lowest BCUT2D eigenvalue weighted by Crippen LogP contribution is -1.82. The summed E-state index contributed by atoms with van der Waals surface area (Å²) < 4.78 is 0. The fourth-order valence-corrected chi connectivity index (χ4v) is 3.04. The van der Waals surface area contributed by atoms with Crippen LogP contribution in [0.25, 0.3) is 0 Å². The number of hydrogen-bond donors (Lipinski definition) is 0. The summed E-state index contributed by atoms with van der Waals surface area (Å²) in [5, 5.41) is 1.35. The summed E-state index contributed by atoms with van der Waals surface area (Å²) in [6.07, 6.45) is 1.83. The minimum Gasteiger partial charge on any atom is -0.126 e. The van der Waals surface area contributed by atoms with Gasteiger partial charge in [0.05, 0.1) is 25.1 Å². The van der Waals surface area contributed by atoms with Crippen LogP contribution in [0.3, 0.4) is 0 Å². The zero-order chi connectivity index (χ0) is 10.2. The second-order valence-electron chi connectivity index (χ2n) is 2.10. The molecule has 1 rings (SSSR count). The molecule has 0 bridgehead atoms. The van der Waals surface area contributed by atoms with Crippen LogP contribution in [-0.2, 0) is 0 Å². The molecule has 0 spiro atoms. The molecule has 13 heavy (non-hydrogen) atoms. The van der Waals surface area contributed by atoms with Crippen LogP contribution in [0, 0.1) is 0 Å². The number of halogens is 5. The first-order valence-corrected chi connectivity index (χ1v) is 6.17. The maximum atomic E-state index is 5.90. The smallest absolute Gasteiger partial charge is 0.0809 e. The fraction of sp³-hybridized carbons (Fsp3) is 0.143. The third-order valence-corrected chi connectivity index (χ3v) is 4.69. The molecular weight excluding hydrogens is 293 g/mol. The van der Waals surface area contributed by atoms with Crippen molar-refractivity contribution in [2.45, 2.75) is 4.90 Å². The summed E-state index contributed by atoms with van der Waals surface area (Å²) in [4.78, 5) is 0.641. The highest BCUT2D eigenvalue weighted by molar-refractivity contribution is 7.98. The van der Waals surface area contributed by atoms with E-state index < -0.39 is 0 Å². The normalized spacial score (nSPS) is 10.6. The van der Waals surface area contributed by atoms with Crippen LogP contribution in [0.1, 0.15) is 0 Å². The first-order valence-electron chi connectivity index (χ1n) is 3.06. The minimum absolute atomic E-state index is 0.191. The van der Waals surface area contributed by atoms with E-state index in [4.69, 9.17) is 58.0 Å². The molecule has 0 heterocycles. The number of hydrogen-bond acceptors (Lipinski definition) is 1. The molecule has 0 aliphatic carbocycles. The Balaban J connectivity index is 3.56. The summed E-state index contributed by atoms with van der Waals surface area (Å²) in [6, 6.07) is 0. The molecule has 0 amide bonds. The van der Waals surface area contributed by atoms with Crippen molar-refractivity contribution in [2.24, 2.45) is 0 Å². The van der Waals surface area contributed by atoms with Crippen molar-refractivity contribution in [3.63, 3.8) is 0 Å². The molecule has 0 N–H and O–H groups in total. The van der Waals surface area contributed by atoms with Crippen molar-refractivity contribution in [2.75, 3.05) is 6.26 Å². The maximum absolute atomic E-state index is 5.90. The van der Waals surface area contributed by atoms with Gasteiger partial charge in [0.15, 0.2) is 0 Å². The van der Waals surface area contributed by atoms with Gasteiger partial charge in [-0.05, 0) is 6.26 Å². The Kier molecular flexibility index (Phi) is 4.37. The van der Waals surface area contributed by atoms with Gasteiger partial charge in [0.1, 0.15) is 0 Å². The molecule has 6 heteroatoms. The molecule has 72 valence electrons. The van der Waals surface area contributed by atoms with Gasteiger partial charge >= 0.3 is 0 Å². The Hall–Kier alpha value is 1.02. The predicted octanol–water partition coefficient (Wildman–Crippen LogP) is 5.68. The molecule has 0 fully saturated rings. The Labute approximate surface area is 105 Å². The highest BCUT2D eigenvalue weighted by atomic mass is 35.5. The minimum atomic E-state index is 0.191. The highest BCUT2D eigenvalue weighted by Crippen LogP contribution is 2.47. The average Bonchev–Trinajstić information content (AvgIpc) is 2.13. The third-order valence-electron chi connectivity index (χ3n) is 1.37. The summed E-state index contributed by atoms with van der Waals surface area (Å²) in [6.45, 7) is 0. The van der Waals surface area contributed by atoms with Gasteiger partial charge in [-0.15, -0.1) is 11.8 Å². The first kappa shape index (κ1) is 12.1. The van der Waals surface area contributed by atoms with Crippen LogP contribution in [-0.4, -0.2) is 6.26 Å². The van der Waals surface area contributed by atoms with Gasteiger partial charge in [0.25, 0.3) is 0 Å². The van der Waals surface area contributed by atoms with Crippen LogP contribution in [0.5, 0.6) is 0 Å². The van der Waals surface area contributed by atoms with Crippen LogP contribution >= 0.6 is 69.8 Å². The zero-order valence-electron chi connectivity index (χ0n) is 6.30. The van der Waals surface area contributed by atoms with Crippen LogP contribution in [0.4, 0.5) is 0 Å². The van der Waals surface area contributed by atoms with E-state index in [0.29, 0.717) is 14.9 Å². The molecule has 0 aliphatic rings. The molecule has 0 aromatic heterocycles. The SMILES string of the molecule is CSc1c(Cl)c(Cl)c(Cl)c(Cl)c1Cl. The van der Waals surface area contributed by atoms with Crippen molar-refractivity contribution in [3.05, 3.63) is 25.1 Å². The lowest BCUT2D eigenvalue weighted by atomic mass is 10.3. The number of benzene rings is 1. The van der Waals surface area contributed by atoms with E-state index in [1.54, 1.807) is 0 Å². The summed E-state index contributed by atoms with van der Waals surface area (Å²) in [5.74, 6) is 0. The van der Waals surface area contributed by atoms with E-state index in [0.717, 1.165) is 0 Å². The number of thioether (sulfide) groups is 1. The van der Waals surface area contributed by atoms with Crippen molar-refractivity contribution in [1.29, 1.82) is 0 Å². The molecule has 0 unspecified atom stereocenters. The lowest BCUT2D eigenvalue weighted by molar-refractivity contribution is 1.46. The summed E-state index contributed by atoms with van der Waals surface area (Å²) >= 11 is 30.6.